The van der Waals surface area contributed by atoms with Gasteiger partial charge in [0.25, 0.3) is 0 Å². The smallest absolute Gasteiger partial charge is 0.168 e. The highest BCUT2D eigenvalue weighted by Gasteiger charge is 2.34. The van der Waals surface area contributed by atoms with Gasteiger partial charge in [0.1, 0.15) is 0 Å². The molecular weight excluding hydrogens is 248 g/mol. The molecule has 0 spiro atoms. The van der Waals surface area contributed by atoms with Gasteiger partial charge in [-0.3, -0.25) is 0 Å². The van der Waals surface area contributed by atoms with Crippen molar-refractivity contribution in [3.05, 3.63) is 18.3 Å². The lowest BCUT2D eigenvalue weighted by atomic mass is 9.78. The summed E-state index contributed by atoms with van der Waals surface area (Å²) >= 11 is 0. The van der Waals surface area contributed by atoms with Gasteiger partial charge in [0, 0.05) is 12.7 Å². The molecule has 112 valence electrons. The van der Waals surface area contributed by atoms with Gasteiger partial charge >= 0.3 is 0 Å². The molecule has 0 unspecified atom stereocenters. The summed E-state index contributed by atoms with van der Waals surface area (Å²) in [4.78, 5) is 4.43. The Labute approximate surface area is 123 Å². The molecule has 1 fully saturated rings. The number of hydrogen-bond acceptors (Lipinski definition) is 3. The van der Waals surface area contributed by atoms with Crippen molar-refractivity contribution in [1.82, 2.24) is 4.98 Å². The van der Waals surface area contributed by atoms with Crippen molar-refractivity contribution in [3.63, 3.8) is 0 Å². The van der Waals surface area contributed by atoms with Crippen molar-refractivity contribution < 1.29 is 4.74 Å². The number of nitrogens with one attached hydrogen (secondary N) is 1. The molecule has 0 amide bonds. The van der Waals surface area contributed by atoms with Crippen LogP contribution >= 0.6 is 0 Å². The molecule has 1 aromatic rings. The van der Waals surface area contributed by atoms with Crippen LogP contribution in [0.25, 0.3) is 0 Å². The zero-order valence-electron chi connectivity index (χ0n) is 13.1. The molecule has 0 saturated heterocycles. The lowest BCUT2D eigenvalue weighted by molar-refractivity contribution is 0.252. The number of aromatic nitrogens is 1. The Morgan fingerprint density at radius 2 is 2.10 bits per heavy atom. The van der Waals surface area contributed by atoms with Gasteiger partial charge < -0.3 is 10.1 Å². The molecule has 1 aliphatic rings. The van der Waals surface area contributed by atoms with Crippen LogP contribution in [0.5, 0.6) is 5.75 Å². The van der Waals surface area contributed by atoms with Crippen LogP contribution in [0.4, 0.5) is 5.82 Å². The second-order valence-corrected chi connectivity index (χ2v) is 6.44. The monoisotopic (exact) mass is 276 g/mol. The zero-order valence-corrected chi connectivity index (χ0v) is 13.1. The maximum absolute atomic E-state index is 5.64. The van der Waals surface area contributed by atoms with Gasteiger partial charge in [-0.25, -0.2) is 4.98 Å². The van der Waals surface area contributed by atoms with Gasteiger partial charge in [0.15, 0.2) is 11.6 Å². The molecule has 0 aliphatic heterocycles. The van der Waals surface area contributed by atoms with Gasteiger partial charge in [0.05, 0.1) is 6.61 Å². The molecule has 1 aromatic heterocycles. The number of rotatable bonds is 7. The fourth-order valence-electron chi connectivity index (χ4n) is 3.51. The minimum Gasteiger partial charge on any atom is -0.490 e. The van der Waals surface area contributed by atoms with Crippen molar-refractivity contribution in [2.45, 2.75) is 52.9 Å². The van der Waals surface area contributed by atoms with E-state index < -0.39 is 0 Å². The molecule has 3 nitrogen and oxygen atoms in total. The maximum Gasteiger partial charge on any atom is 0.168 e. The first-order valence-electron chi connectivity index (χ1n) is 7.97. The molecule has 1 saturated carbocycles. The normalized spacial score (nSPS) is 17.4. The van der Waals surface area contributed by atoms with Crippen LogP contribution in [0.1, 0.15) is 52.9 Å². The maximum atomic E-state index is 5.64. The summed E-state index contributed by atoms with van der Waals surface area (Å²) in [7, 11) is 0. The Morgan fingerprint density at radius 1 is 1.35 bits per heavy atom. The van der Waals surface area contributed by atoms with E-state index in [0.29, 0.717) is 12.0 Å². The number of hydrogen-bond donors (Lipinski definition) is 1. The summed E-state index contributed by atoms with van der Waals surface area (Å²) < 4.78 is 5.64. The highest BCUT2D eigenvalue weighted by molar-refractivity contribution is 5.49. The summed E-state index contributed by atoms with van der Waals surface area (Å²) in [6, 6.07) is 3.91. The molecule has 2 rings (SSSR count). The first kappa shape index (κ1) is 15.1. The third-order valence-corrected chi connectivity index (χ3v) is 4.21. The van der Waals surface area contributed by atoms with Crippen LogP contribution < -0.4 is 10.1 Å². The second kappa shape index (κ2) is 6.96. The summed E-state index contributed by atoms with van der Waals surface area (Å²) in [5.41, 5.74) is 0.454. The predicted molar refractivity (Wildman–Crippen MR) is 84.3 cm³/mol. The summed E-state index contributed by atoms with van der Waals surface area (Å²) in [5.74, 6) is 2.52. The van der Waals surface area contributed by atoms with Crippen molar-refractivity contribution in [2.24, 2.45) is 11.3 Å². The average molecular weight is 276 g/mol. The average Bonchev–Trinajstić information content (AvgIpc) is 2.86. The van der Waals surface area contributed by atoms with E-state index in [2.05, 4.69) is 24.1 Å². The number of nitrogens with zero attached hydrogens (tertiary/aromatic N) is 1. The van der Waals surface area contributed by atoms with Crippen LogP contribution in [0, 0.1) is 11.3 Å². The molecule has 1 N–H and O–H groups in total. The number of pyridine rings is 1. The molecule has 0 bridgehead atoms. The predicted octanol–water partition coefficient (Wildman–Crippen LogP) is 4.50. The Morgan fingerprint density at radius 3 is 2.75 bits per heavy atom. The second-order valence-electron chi connectivity index (χ2n) is 6.44. The number of ether oxygens (including phenoxy) is 1. The minimum atomic E-state index is 0.454. The van der Waals surface area contributed by atoms with Crippen LogP contribution in [0.15, 0.2) is 18.3 Å². The zero-order chi connectivity index (χ0) is 14.4. The SMILES string of the molecule is CCOc1cccnc1NCC1(CC(C)C)CCCC1. The van der Waals surface area contributed by atoms with Gasteiger partial charge in [-0.2, -0.15) is 0 Å². The van der Waals surface area contributed by atoms with Gasteiger partial charge in [0.2, 0.25) is 0 Å². The van der Waals surface area contributed by atoms with Crippen molar-refractivity contribution >= 4 is 5.82 Å². The van der Waals surface area contributed by atoms with E-state index in [1.54, 1.807) is 0 Å². The quantitative estimate of drug-likeness (QED) is 0.796. The highest BCUT2D eigenvalue weighted by atomic mass is 16.5. The fraction of sp³-hybridized carbons (Fsp3) is 0.706. The lowest BCUT2D eigenvalue weighted by Crippen LogP contribution is -2.28. The number of anilines is 1. The third-order valence-electron chi connectivity index (χ3n) is 4.21. The van der Waals surface area contributed by atoms with E-state index in [1.807, 2.05) is 25.3 Å². The Bertz CT molecular complexity index is 411. The third kappa shape index (κ3) is 3.87. The van der Waals surface area contributed by atoms with Gasteiger partial charge in [-0.1, -0.05) is 26.7 Å². The van der Waals surface area contributed by atoms with E-state index in [1.165, 1.54) is 32.1 Å². The molecule has 1 heterocycles. The molecule has 20 heavy (non-hydrogen) atoms. The van der Waals surface area contributed by atoms with Gasteiger partial charge in [-0.15, -0.1) is 0 Å². The molecule has 0 atom stereocenters. The van der Waals surface area contributed by atoms with E-state index >= 15 is 0 Å². The molecule has 3 heteroatoms. The van der Waals surface area contributed by atoms with E-state index in [0.717, 1.165) is 24.0 Å². The minimum absolute atomic E-state index is 0.454. The van der Waals surface area contributed by atoms with Crippen molar-refractivity contribution in [2.75, 3.05) is 18.5 Å². The van der Waals surface area contributed by atoms with E-state index in [4.69, 9.17) is 4.74 Å². The van der Waals surface area contributed by atoms with Crippen LogP contribution in [0.2, 0.25) is 0 Å². The Kier molecular flexibility index (Phi) is 5.27. The first-order chi connectivity index (χ1) is 9.65. The van der Waals surface area contributed by atoms with Crippen LogP contribution in [0.3, 0.4) is 0 Å². The molecular formula is C17H28N2O. The van der Waals surface area contributed by atoms with Gasteiger partial charge in [-0.05, 0) is 49.7 Å². The molecule has 1 aliphatic carbocycles. The van der Waals surface area contributed by atoms with Crippen molar-refractivity contribution in [1.29, 1.82) is 0 Å². The highest BCUT2D eigenvalue weighted by Crippen LogP contribution is 2.43. The summed E-state index contributed by atoms with van der Waals surface area (Å²) in [6.07, 6.45) is 8.55. The van der Waals surface area contributed by atoms with E-state index in [9.17, 15) is 0 Å². The largest absolute Gasteiger partial charge is 0.490 e. The molecule has 0 aromatic carbocycles. The fourth-order valence-corrected chi connectivity index (χ4v) is 3.51. The van der Waals surface area contributed by atoms with Crippen LogP contribution in [-0.2, 0) is 0 Å². The standard InChI is InChI=1S/C17H28N2O/c1-4-20-15-8-7-11-18-16(15)19-13-17(12-14(2)3)9-5-6-10-17/h7-8,11,14H,4-6,9-10,12-13H2,1-3H3,(H,18,19). The molecule has 0 radical (unpaired) electrons. The van der Waals surface area contributed by atoms with Crippen LogP contribution in [-0.4, -0.2) is 18.1 Å². The Hall–Kier alpha value is -1.25. The van der Waals surface area contributed by atoms with Crippen molar-refractivity contribution in [3.8, 4) is 5.75 Å². The topological polar surface area (TPSA) is 34.1 Å². The lowest BCUT2D eigenvalue weighted by Gasteiger charge is -2.31. The Balaban J connectivity index is 2.02. The van der Waals surface area contributed by atoms with E-state index in [-0.39, 0.29) is 0 Å². The summed E-state index contributed by atoms with van der Waals surface area (Å²) in [6.45, 7) is 8.35. The first-order valence-corrected chi connectivity index (χ1v) is 7.97. The summed E-state index contributed by atoms with van der Waals surface area (Å²) in [5, 5.41) is 3.55.